The van der Waals surface area contributed by atoms with Crippen molar-refractivity contribution in [2.45, 2.75) is 122 Å². The predicted octanol–water partition coefficient (Wildman–Crippen LogP) is 7.35. The van der Waals surface area contributed by atoms with E-state index in [4.69, 9.17) is 62.7 Å². The number of amides is 1. The first-order valence-electron chi connectivity index (χ1n) is 25.6. The first-order chi connectivity index (χ1) is 33.9. The van der Waals surface area contributed by atoms with Gasteiger partial charge in [0.15, 0.2) is 0 Å². The van der Waals surface area contributed by atoms with Crippen molar-refractivity contribution in [3.63, 3.8) is 0 Å². The van der Waals surface area contributed by atoms with Gasteiger partial charge in [-0.2, -0.15) is 0 Å². The van der Waals surface area contributed by atoms with Gasteiger partial charge in [0.2, 0.25) is 5.91 Å². The van der Waals surface area contributed by atoms with E-state index in [1.54, 1.807) is 0 Å². The number of rotatable bonds is 59. The summed E-state index contributed by atoms with van der Waals surface area (Å²) in [7, 11) is 0. The maximum Gasteiger partial charge on any atom is 0.319 e. The molecule has 0 aromatic heterocycles. The van der Waals surface area contributed by atoms with Crippen LogP contribution in [0.25, 0.3) is 10.4 Å². The maximum atomic E-state index is 13.5. The molecule has 20 nitrogen and oxygen atoms in total. The number of aliphatic carboxylic acids is 2. The largest absolute Gasteiger partial charge is 0.481 e. The van der Waals surface area contributed by atoms with Crippen molar-refractivity contribution >= 4 is 17.8 Å². The summed E-state index contributed by atoms with van der Waals surface area (Å²) < 4.78 is 60.3. The molecule has 0 aromatic carbocycles. The molecule has 0 aliphatic carbocycles. The topological polar surface area (TPSA) is 254 Å². The van der Waals surface area contributed by atoms with E-state index in [0.29, 0.717) is 177 Å². The van der Waals surface area contributed by atoms with Crippen molar-refractivity contribution in [2.24, 2.45) is 10.5 Å². The molecule has 0 fully saturated rings. The summed E-state index contributed by atoms with van der Waals surface area (Å²) in [5, 5.41) is 25.4. The van der Waals surface area contributed by atoms with E-state index < -0.39 is 23.3 Å². The van der Waals surface area contributed by atoms with Gasteiger partial charge in [-0.3, -0.25) is 14.4 Å². The summed E-state index contributed by atoms with van der Waals surface area (Å²) in [6.07, 6.45) is 18.2. The Balaban J connectivity index is 3.84. The Hall–Kier alpha value is -2.98. The minimum atomic E-state index is -1.46. The number of ether oxygens (including phenoxy) is 11. The molecule has 20 heteroatoms. The molecule has 3 N–H and O–H groups in total. The summed E-state index contributed by atoms with van der Waals surface area (Å²) in [4.78, 5) is 39.6. The van der Waals surface area contributed by atoms with Crippen LogP contribution in [-0.4, -0.2) is 186 Å². The predicted molar refractivity (Wildman–Crippen MR) is 262 cm³/mol. The zero-order valence-corrected chi connectivity index (χ0v) is 42.1. The Morgan fingerprint density at radius 1 is 0.464 bits per heavy atom. The van der Waals surface area contributed by atoms with Gasteiger partial charge in [0, 0.05) is 24.4 Å². The first kappa shape index (κ1) is 66.0. The summed E-state index contributed by atoms with van der Waals surface area (Å²) in [6.45, 7) is 13.8. The second-order valence-corrected chi connectivity index (χ2v) is 16.4. The fourth-order valence-corrected chi connectivity index (χ4v) is 6.88. The molecule has 0 aliphatic heterocycles. The number of hydrogen-bond acceptors (Lipinski definition) is 15. The van der Waals surface area contributed by atoms with Crippen LogP contribution < -0.4 is 5.32 Å². The smallest absolute Gasteiger partial charge is 0.319 e. The molecular weight excluding hydrogens is 901 g/mol. The second kappa shape index (κ2) is 54.4. The summed E-state index contributed by atoms with van der Waals surface area (Å²) >= 11 is 0. The lowest BCUT2D eigenvalue weighted by atomic mass is 9.76. The highest BCUT2D eigenvalue weighted by Gasteiger charge is 2.44. The van der Waals surface area contributed by atoms with Crippen LogP contribution in [0.15, 0.2) is 17.8 Å². The standard InChI is InChI=1S/C49H92N4O16/c1-2-3-4-5-6-8-11-14-17-20-49(48(57)58,21-18-15-12-9-7-10-13-16-19-46(54)55)47(56)51-22-24-59-26-28-61-30-32-63-34-36-65-38-40-67-42-44-69-45-43-68-41-39-66-37-35-64-33-31-62-29-27-60-25-23-52-53-50/h2H,1,3-45H2,(H,51,56)(H,54,55)(H,57,58). The Labute approximate surface area is 413 Å². The third-order valence-electron chi connectivity index (χ3n) is 10.8. The third kappa shape index (κ3) is 47.1. The van der Waals surface area contributed by atoms with Crippen LogP contribution in [-0.2, 0) is 66.5 Å². The van der Waals surface area contributed by atoms with Gasteiger partial charge in [0.05, 0.1) is 145 Å². The molecule has 1 amide bonds. The van der Waals surface area contributed by atoms with Crippen molar-refractivity contribution in [1.29, 1.82) is 0 Å². The molecule has 0 saturated carbocycles. The van der Waals surface area contributed by atoms with Crippen LogP contribution in [0.5, 0.6) is 0 Å². The van der Waals surface area contributed by atoms with Gasteiger partial charge in [0.25, 0.3) is 0 Å². The molecule has 0 aromatic rings. The fourth-order valence-electron chi connectivity index (χ4n) is 6.88. The lowest BCUT2D eigenvalue weighted by Crippen LogP contribution is -2.47. The average Bonchev–Trinajstić information content (AvgIpc) is 3.34. The molecule has 69 heavy (non-hydrogen) atoms. The zero-order valence-electron chi connectivity index (χ0n) is 42.1. The Kier molecular flexibility index (Phi) is 52.0. The van der Waals surface area contributed by atoms with Gasteiger partial charge in [-0.05, 0) is 37.6 Å². The number of carbonyl (C=O) groups is 3. The van der Waals surface area contributed by atoms with Gasteiger partial charge < -0.3 is 67.6 Å². The SMILES string of the molecule is C=CCCCCCCCCCC(CCCCCCCCCCC(=O)O)(C(=O)O)C(=O)NCCOCCOCCOCCOCCOCCOCCOCCOCCOCCOCCOCCN=[N+]=[N-]. The second-order valence-electron chi connectivity index (χ2n) is 16.4. The van der Waals surface area contributed by atoms with Crippen molar-refractivity contribution in [1.82, 2.24) is 5.32 Å². The molecule has 0 aliphatic rings. The highest BCUT2D eigenvalue weighted by molar-refractivity contribution is 6.01. The van der Waals surface area contributed by atoms with Crippen molar-refractivity contribution in [3.8, 4) is 0 Å². The zero-order chi connectivity index (χ0) is 50.2. The van der Waals surface area contributed by atoms with Crippen LogP contribution >= 0.6 is 0 Å². The number of carbonyl (C=O) groups excluding carboxylic acids is 1. The van der Waals surface area contributed by atoms with Crippen LogP contribution in [0.4, 0.5) is 0 Å². The lowest BCUT2D eigenvalue weighted by Gasteiger charge is -2.28. The molecular formula is C49H92N4O16. The van der Waals surface area contributed by atoms with Crippen molar-refractivity contribution in [2.75, 3.05) is 158 Å². The Bertz CT molecular complexity index is 1220. The van der Waals surface area contributed by atoms with Crippen molar-refractivity contribution < 1.29 is 76.7 Å². The van der Waals surface area contributed by atoms with Crippen molar-refractivity contribution in [3.05, 3.63) is 23.1 Å². The first-order valence-corrected chi connectivity index (χ1v) is 25.6. The molecule has 0 radical (unpaired) electrons. The highest BCUT2D eigenvalue weighted by Crippen LogP contribution is 2.33. The van der Waals surface area contributed by atoms with Gasteiger partial charge in [-0.15, -0.1) is 6.58 Å². The summed E-state index contributed by atoms with van der Waals surface area (Å²) in [5.41, 5.74) is 6.71. The van der Waals surface area contributed by atoms with E-state index in [9.17, 15) is 19.5 Å². The van der Waals surface area contributed by atoms with E-state index in [-0.39, 0.29) is 19.6 Å². The molecule has 1 unspecified atom stereocenters. The van der Waals surface area contributed by atoms with E-state index in [2.05, 4.69) is 21.9 Å². The molecule has 0 bridgehead atoms. The summed E-state index contributed by atoms with van der Waals surface area (Å²) in [5.74, 6) is -2.25. The number of allylic oxidation sites excluding steroid dienone is 1. The van der Waals surface area contributed by atoms with Crippen LogP contribution in [0.1, 0.15) is 122 Å². The van der Waals surface area contributed by atoms with Gasteiger partial charge >= 0.3 is 11.9 Å². The third-order valence-corrected chi connectivity index (χ3v) is 10.8. The van der Waals surface area contributed by atoms with Gasteiger partial charge in [-0.25, -0.2) is 0 Å². The summed E-state index contributed by atoms with van der Waals surface area (Å²) in [6, 6.07) is 0. The van der Waals surface area contributed by atoms with E-state index in [0.717, 1.165) is 77.0 Å². The normalized spacial score (nSPS) is 12.2. The quantitative estimate of drug-likeness (QED) is 0.0134. The van der Waals surface area contributed by atoms with Crippen LogP contribution in [0, 0.1) is 5.41 Å². The minimum Gasteiger partial charge on any atom is -0.481 e. The minimum absolute atomic E-state index is 0.210. The number of carboxylic acid groups (broad SMARTS) is 2. The molecule has 0 rings (SSSR count). The van der Waals surface area contributed by atoms with Gasteiger partial charge in [-0.1, -0.05) is 94.7 Å². The Morgan fingerprint density at radius 2 is 0.768 bits per heavy atom. The molecule has 0 saturated heterocycles. The molecule has 0 spiro atoms. The Morgan fingerprint density at radius 3 is 1.09 bits per heavy atom. The maximum absolute atomic E-state index is 13.5. The monoisotopic (exact) mass is 993 g/mol. The highest BCUT2D eigenvalue weighted by atomic mass is 16.6. The lowest BCUT2D eigenvalue weighted by molar-refractivity contribution is -0.157. The number of nitrogens with one attached hydrogen (secondary N) is 1. The number of carboxylic acids is 2. The van der Waals surface area contributed by atoms with E-state index in [1.165, 1.54) is 6.42 Å². The number of nitrogens with zero attached hydrogens (tertiary/aromatic N) is 3. The van der Waals surface area contributed by atoms with Crippen LogP contribution in [0.3, 0.4) is 0 Å². The van der Waals surface area contributed by atoms with Crippen LogP contribution in [0.2, 0.25) is 0 Å². The average molecular weight is 993 g/mol. The number of hydrogen-bond donors (Lipinski definition) is 3. The number of azide groups is 1. The number of unbranched alkanes of at least 4 members (excludes halogenated alkanes) is 14. The fraction of sp³-hybridized carbons (Fsp3) is 0.898. The molecule has 1 atom stereocenters. The van der Waals surface area contributed by atoms with E-state index in [1.807, 2.05) is 6.08 Å². The molecule has 404 valence electrons. The molecule has 0 heterocycles. The van der Waals surface area contributed by atoms with E-state index >= 15 is 0 Å². The van der Waals surface area contributed by atoms with Gasteiger partial charge in [0.1, 0.15) is 5.41 Å².